The van der Waals surface area contributed by atoms with Crippen molar-refractivity contribution in [3.05, 3.63) is 34.7 Å². The standard InChI is InChI=1S/C15H21N3O2/c19-15-17-13-4-1-2-5-14(13)18(15)8-3-9-20-11-12-6-7-16-10-12/h1-2,4-5,12,16H,3,6-11H2,(H,17,19). The van der Waals surface area contributed by atoms with E-state index in [0.29, 0.717) is 19.1 Å². The van der Waals surface area contributed by atoms with Gasteiger partial charge in [-0.25, -0.2) is 4.79 Å². The van der Waals surface area contributed by atoms with Crippen molar-refractivity contribution in [3.8, 4) is 0 Å². The average Bonchev–Trinajstić information content (AvgIpc) is 3.06. The fraction of sp³-hybridized carbons (Fsp3) is 0.533. The lowest BCUT2D eigenvalue weighted by Crippen LogP contribution is -2.18. The highest BCUT2D eigenvalue weighted by molar-refractivity contribution is 5.74. The van der Waals surface area contributed by atoms with Gasteiger partial charge in [-0.1, -0.05) is 12.1 Å². The molecule has 1 aliphatic rings. The van der Waals surface area contributed by atoms with Crippen LogP contribution in [0.15, 0.2) is 29.1 Å². The van der Waals surface area contributed by atoms with Crippen LogP contribution in [0.3, 0.4) is 0 Å². The van der Waals surface area contributed by atoms with Gasteiger partial charge in [0.25, 0.3) is 0 Å². The molecule has 0 saturated carbocycles. The molecular formula is C15H21N3O2. The van der Waals surface area contributed by atoms with E-state index in [1.54, 1.807) is 4.57 Å². The van der Waals surface area contributed by atoms with Gasteiger partial charge in [-0.05, 0) is 37.4 Å². The first-order chi connectivity index (χ1) is 9.84. The zero-order chi connectivity index (χ0) is 13.8. The quantitative estimate of drug-likeness (QED) is 0.782. The van der Waals surface area contributed by atoms with E-state index in [0.717, 1.165) is 37.2 Å². The minimum atomic E-state index is -0.0359. The maximum atomic E-state index is 11.9. The lowest BCUT2D eigenvalue weighted by molar-refractivity contribution is 0.101. The minimum Gasteiger partial charge on any atom is -0.381 e. The van der Waals surface area contributed by atoms with E-state index in [-0.39, 0.29) is 5.69 Å². The largest absolute Gasteiger partial charge is 0.381 e. The van der Waals surface area contributed by atoms with E-state index in [1.807, 2.05) is 24.3 Å². The first-order valence-corrected chi connectivity index (χ1v) is 7.30. The number of ether oxygens (including phenoxy) is 1. The predicted octanol–water partition coefficient (Wildman–Crippen LogP) is 1.35. The molecule has 0 radical (unpaired) electrons. The Hall–Kier alpha value is -1.59. The number of H-pyrrole nitrogens is 1. The molecule has 0 aliphatic carbocycles. The lowest BCUT2D eigenvalue weighted by Gasteiger charge is -2.09. The Kier molecular flexibility index (Phi) is 4.18. The van der Waals surface area contributed by atoms with Crippen LogP contribution in [-0.2, 0) is 11.3 Å². The average molecular weight is 275 g/mol. The molecule has 108 valence electrons. The Morgan fingerprint density at radius 1 is 1.35 bits per heavy atom. The van der Waals surface area contributed by atoms with Crippen LogP contribution in [0.4, 0.5) is 0 Å². The number of benzene rings is 1. The summed E-state index contributed by atoms with van der Waals surface area (Å²) in [6, 6.07) is 7.78. The number of nitrogens with one attached hydrogen (secondary N) is 2. The first kappa shape index (κ1) is 13.4. The van der Waals surface area contributed by atoms with Crippen LogP contribution in [0, 0.1) is 5.92 Å². The van der Waals surface area contributed by atoms with E-state index in [2.05, 4.69) is 10.3 Å². The highest BCUT2D eigenvalue weighted by Gasteiger charge is 2.14. The van der Waals surface area contributed by atoms with Crippen molar-refractivity contribution >= 4 is 11.0 Å². The molecule has 0 spiro atoms. The summed E-state index contributed by atoms with van der Waals surface area (Å²) in [7, 11) is 0. The van der Waals surface area contributed by atoms with Gasteiger partial charge in [-0.3, -0.25) is 4.57 Å². The van der Waals surface area contributed by atoms with Crippen molar-refractivity contribution in [1.29, 1.82) is 0 Å². The van der Waals surface area contributed by atoms with Crippen LogP contribution in [0.5, 0.6) is 0 Å². The molecule has 2 heterocycles. The molecule has 20 heavy (non-hydrogen) atoms. The number of aryl methyl sites for hydroxylation is 1. The number of hydrogen-bond acceptors (Lipinski definition) is 3. The Morgan fingerprint density at radius 2 is 2.25 bits per heavy atom. The maximum absolute atomic E-state index is 11.9. The van der Waals surface area contributed by atoms with Crippen LogP contribution >= 0.6 is 0 Å². The van der Waals surface area contributed by atoms with E-state index in [1.165, 1.54) is 6.42 Å². The molecule has 0 bridgehead atoms. The number of aromatic amines is 1. The van der Waals surface area contributed by atoms with Gasteiger partial charge in [0.2, 0.25) is 0 Å². The fourth-order valence-corrected chi connectivity index (χ4v) is 2.76. The van der Waals surface area contributed by atoms with Crippen molar-refractivity contribution in [1.82, 2.24) is 14.9 Å². The number of imidazole rings is 1. The zero-order valence-electron chi connectivity index (χ0n) is 11.6. The molecule has 2 N–H and O–H groups in total. The molecule has 5 heteroatoms. The van der Waals surface area contributed by atoms with Crippen LogP contribution in [-0.4, -0.2) is 35.9 Å². The van der Waals surface area contributed by atoms with Crippen molar-refractivity contribution in [2.45, 2.75) is 19.4 Å². The summed E-state index contributed by atoms with van der Waals surface area (Å²) in [6.07, 6.45) is 2.07. The SMILES string of the molecule is O=c1[nH]c2ccccc2n1CCCOCC1CCNC1. The molecule has 1 saturated heterocycles. The maximum Gasteiger partial charge on any atom is 0.326 e. The third-order valence-corrected chi connectivity index (χ3v) is 3.87. The monoisotopic (exact) mass is 275 g/mol. The number of nitrogens with zero attached hydrogens (tertiary/aromatic N) is 1. The van der Waals surface area contributed by atoms with Crippen molar-refractivity contribution < 1.29 is 4.74 Å². The van der Waals surface area contributed by atoms with Gasteiger partial charge in [-0.15, -0.1) is 0 Å². The van der Waals surface area contributed by atoms with E-state index >= 15 is 0 Å². The molecule has 3 rings (SSSR count). The van der Waals surface area contributed by atoms with Gasteiger partial charge in [0.1, 0.15) is 0 Å². The highest BCUT2D eigenvalue weighted by atomic mass is 16.5. The lowest BCUT2D eigenvalue weighted by atomic mass is 10.1. The van der Waals surface area contributed by atoms with E-state index < -0.39 is 0 Å². The summed E-state index contributed by atoms with van der Waals surface area (Å²) in [4.78, 5) is 14.7. The highest BCUT2D eigenvalue weighted by Crippen LogP contribution is 2.10. The summed E-state index contributed by atoms with van der Waals surface area (Å²) in [5.41, 5.74) is 1.83. The fourth-order valence-electron chi connectivity index (χ4n) is 2.76. The van der Waals surface area contributed by atoms with E-state index in [4.69, 9.17) is 4.74 Å². The molecule has 1 unspecified atom stereocenters. The van der Waals surface area contributed by atoms with Gasteiger partial charge >= 0.3 is 5.69 Å². The smallest absolute Gasteiger partial charge is 0.326 e. The van der Waals surface area contributed by atoms with Gasteiger partial charge in [0.15, 0.2) is 0 Å². The summed E-state index contributed by atoms with van der Waals surface area (Å²) in [5.74, 6) is 0.658. The van der Waals surface area contributed by atoms with Crippen LogP contribution < -0.4 is 11.0 Å². The number of fused-ring (bicyclic) bond motifs is 1. The van der Waals surface area contributed by atoms with Gasteiger partial charge < -0.3 is 15.0 Å². The topological polar surface area (TPSA) is 59.0 Å². The summed E-state index contributed by atoms with van der Waals surface area (Å²) >= 11 is 0. The van der Waals surface area contributed by atoms with Gasteiger partial charge in [0, 0.05) is 19.7 Å². The predicted molar refractivity (Wildman–Crippen MR) is 79.0 cm³/mol. The van der Waals surface area contributed by atoms with Crippen molar-refractivity contribution in [2.75, 3.05) is 26.3 Å². The Labute approximate surface area is 117 Å². The molecule has 1 fully saturated rings. The third-order valence-electron chi connectivity index (χ3n) is 3.87. The minimum absolute atomic E-state index is 0.0359. The molecule has 1 atom stereocenters. The Morgan fingerprint density at radius 3 is 3.10 bits per heavy atom. The number of para-hydroxylation sites is 2. The summed E-state index contributed by atoms with van der Waals surface area (Å²) in [6.45, 7) is 4.42. The molecule has 2 aromatic rings. The van der Waals surface area contributed by atoms with Crippen molar-refractivity contribution in [2.24, 2.45) is 5.92 Å². The Balaban J connectivity index is 1.49. The second-order valence-electron chi connectivity index (χ2n) is 5.39. The summed E-state index contributed by atoms with van der Waals surface area (Å²) in [5, 5.41) is 3.33. The molecule has 5 nitrogen and oxygen atoms in total. The number of rotatable bonds is 6. The van der Waals surface area contributed by atoms with Crippen molar-refractivity contribution in [3.63, 3.8) is 0 Å². The van der Waals surface area contributed by atoms with Crippen LogP contribution in [0.25, 0.3) is 11.0 Å². The second-order valence-corrected chi connectivity index (χ2v) is 5.39. The van der Waals surface area contributed by atoms with Gasteiger partial charge in [0.05, 0.1) is 17.6 Å². The molecule has 1 aromatic carbocycles. The van der Waals surface area contributed by atoms with Crippen LogP contribution in [0.1, 0.15) is 12.8 Å². The van der Waals surface area contributed by atoms with Gasteiger partial charge in [-0.2, -0.15) is 0 Å². The summed E-state index contributed by atoms with van der Waals surface area (Å²) < 4.78 is 7.49. The Bertz CT molecular complexity index is 611. The molecular weight excluding hydrogens is 254 g/mol. The normalized spacial score (nSPS) is 18.9. The second kappa shape index (κ2) is 6.24. The molecule has 1 aromatic heterocycles. The first-order valence-electron chi connectivity index (χ1n) is 7.30. The third kappa shape index (κ3) is 2.94. The molecule has 0 amide bonds. The van der Waals surface area contributed by atoms with Crippen LogP contribution in [0.2, 0.25) is 0 Å². The number of hydrogen-bond donors (Lipinski definition) is 2. The van der Waals surface area contributed by atoms with E-state index in [9.17, 15) is 4.79 Å². The number of aromatic nitrogens is 2. The molecule has 1 aliphatic heterocycles. The zero-order valence-corrected chi connectivity index (χ0v) is 11.6.